The van der Waals surface area contributed by atoms with E-state index in [1.165, 1.54) is 0 Å². The number of hydrogen-bond acceptors (Lipinski definition) is 7. The van der Waals surface area contributed by atoms with Gasteiger partial charge in [0.2, 0.25) is 0 Å². The molecule has 2 aliphatic rings. The zero-order valence-corrected chi connectivity index (χ0v) is 26.5. The summed E-state index contributed by atoms with van der Waals surface area (Å²) in [5, 5.41) is 10.5. The summed E-state index contributed by atoms with van der Waals surface area (Å²) in [6, 6.07) is 21.9. The number of rotatable bonds is 7. The monoisotopic (exact) mass is 621 g/mol. The van der Waals surface area contributed by atoms with Crippen molar-refractivity contribution < 1.29 is 19.1 Å². The molecule has 1 aromatic heterocycles. The summed E-state index contributed by atoms with van der Waals surface area (Å²) in [7, 11) is 2.11. The Morgan fingerprint density at radius 1 is 0.804 bits per heavy atom. The molecule has 0 atom stereocenters. The van der Waals surface area contributed by atoms with Crippen LogP contribution in [0.4, 0.5) is 26.8 Å². The molecule has 0 spiro atoms. The molecule has 0 bridgehead atoms. The first-order valence-electron chi connectivity index (χ1n) is 15.7. The predicted octanol–water partition coefficient (Wildman–Crippen LogP) is 5.61. The zero-order chi connectivity index (χ0) is 32.2. The number of urea groups is 1. The number of aryl methyl sites for hydroxylation is 2. The molecule has 11 nitrogen and oxygen atoms in total. The van der Waals surface area contributed by atoms with E-state index >= 15 is 0 Å². The van der Waals surface area contributed by atoms with E-state index in [-0.39, 0.29) is 30.8 Å². The van der Waals surface area contributed by atoms with Gasteiger partial charge in [-0.3, -0.25) is 4.79 Å². The Morgan fingerprint density at radius 2 is 1.48 bits per heavy atom. The van der Waals surface area contributed by atoms with Crippen LogP contribution < -0.4 is 20.3 Å². The van der Waals surface area contributed by atoms with Gasteiger partial charge in [0.15, 0.2) is 5.82 Å². The molecule has 2 aliphatic heterocycles. The van der Waals surface area contributed by atoms with E-state index in [4.69, 9.17) is 4.74 Å². The number of anilines is 3. The molecule has 3 aromatic carbocycles. The van der Waals surface area contributed by atoms with Crippen molar-refractivity contribution in [3.8, 4) is 5.75 Å². The van der Waals surface area contributed by atoms with Crippen molar-refractivity contribution in [3.05, 3.63) is 101 Å². The van der Waals surface area contributed by atoms with Gasteiger partial charge in [-0.2, -0.15) is 4.68 Å². The lowest BCUT2D eigenvalue weighted by Gasteiger charge is -2.34. The Morgan fingerprint density at radius 3 is 2.13 bits per heavy atom. The fourth-order valence-corrected chi connectivity index (χ4v) is 5.93. The fraction of sp³-hybridized carbons (Fsp3) is 0.314. The number of carbonyl (C=O) groups is 3. The number of carbonyl (C=O) groups excluding carboxylic acids is 3. The molecule has 0 unspecified atom stereocenters. The number of nitrogens with one attached hydrogen (secondary N) is 2. The minimum absolute atomic E-state index is 0.114. The third kappa shape index (κ3) is 6.45. The number of benzene rings is 3. The number of amides is 3. The number of likely N-dealkylation sites (N-methyl/N-ethyl adjacent to an activating group) is 1. The quantitative estimate of drug-likeness (QED) is 0.276. The van der Waals surface area contributed by atoms with E-state index in [1.807, 2.05) is 36.4 Å². The highest BCUT2D eigenvalue weighted by Crippen LogP contribution is 2.32. The number of para-hydroxylation sites is 2. The van der Waals surface area contributed by atoms with Gasteiger partial charge in [-0.1, -0.05) is 50.2 Å². The maximum Gasteiger partial charge on any atom is 0.440 e. The summed E-state index contributed by atoms with van der Waals surface area (Å²) >= 11 is 0. The van der Waals surface area contributed by atoms with Crippen LogP contribution in [0.15, 0.2) is 72.8 Å². The van der Waals surface area contributed by atoms with Crippen LogP contribution >= 0.6 is 0 Å². The average Bonchev–Trinajstić information content (AvgIpc) is 3.66. The maximum atomic E-state index is 13.6. The van der Waals surface area contributed by atoms with Gasteiger partial charge in [0, 0.05) is 48.7 Å². The molecule has 238 valence electrons. The number of nitrogens with zero attached hydrogens (tertiary/aromatic N) is 5. The van der Waals surface area contributed by atoms with Crippen molar-refractivity contribution in [2.75, 3.05) is 48.8 Å². The van der Waals surface area contributed by atoms with E-state index < -0.39 is 6.09 Å². The van der Waals surface area contributed by atoms with Crippen molar-refractivity contribution in [1.29, 1.82) is 0 Å². The lowest BCUT2D eigenvalue weighted by molar-refractivity contribution is 0.102. The van der Waals surface area contributed by atoms with Crippen LogP contribution in [0, 0.1) is 0 Å². The average molecular weight is 622 g/mol. The maximum absolute atomic E-state index is 13.6. The third-order valence-electron chi connectivity index (χ3n) is 8.65. The summed E-state index contributed by atoms with van der Waals surface area (Å²) in [6.45, 7) is 8.22. The van der Waals surface area contributed by atoms with Crippen LogP contribution in [0.5, 0.6) is 5.75 Å². The van der Waals surface area contributed by atoms with Gasteiger partial charge in [-0.05, 0) is 67.4 Å². The largest absolute Gasteiger partial charge is 0.440 e. The standard InChI is InChI=1S/C35H39N7O4/c1-4-24-10-9-11-25(5-2)31(24)36-34(44)41-22-29-30(23-41)42(35(45)46-28-12-7-6-8-13-28)38-32(29)37-33(43)26-14-16-27(17-15-26)40-20-18-39(3)19-21-40/h6-17H,4-5,18-23H2,1-3H3,(H,36,44)(H,37,38,43). The second kappa shape index (κ2) is 13.5. The summed E-state index contributed by atoms with van der Waals surface area (Å²) in [5.74, 6) is 0.214. The van der Waals surface area contributed by atoms with E-state index in [1.54, 1.807) is 41.3 Å². The molecule has 4 aromatic rings. The molecule has 0 radical (unpaired) electrons. The van der Waals surface area contributed by atoms with Gasteiger partial charge in [0.1, 0.15) is 5.75 Å². The Hall–Kier alpha value is -5.16. The van der Waals surface area contributed by atoms with Gasteiger partial charge in [-0.25, -0.2) is 9.59 Å². The van der Waals surface area contributed by atoms with Crippen molar-refractivity contribution in [1.82, 2.24) is 19.6 Å². The number of ether oxygens (including phenoxy) is 1. The lowest BCUT2D eigenvalue weighted by Crippen LogP contribution is -2.44. The van der Waals surface area contributed by atoms with Crippen molar-refractivity contribution >= 4 is 35.2 Å². The second-order valence-electron chi connectivity index (χ2n) is 11.6. The van der Waals surface area contributed by atoms with Gasteiger partial charge in [-0.15, -0.1) is 5.10 Å². The van der Waals surface area contributed by atoms with E-state index in [0.717, 1.165) is 66.2 Å². The van der Waals surface area contributed by atoms with Crippen LogP contribution in [0.3, 0.4) is 0 Å². The number of aromatic nitrogens is 2. The highest BCUT2D eigenvalue weighted by atomic mass is 16.6. The van der Waals surface area contributed by atoms with Crippen LogP contribution in [-0.2, 0) is 25.9 Å². The Kier molecular flexibility index (Phi) is 9.02. The molecule has 3 heterocycles. The molecule has 0 aliphatic carbocycles. The molecule has 11 heteroatoms. The summed E-state index contributed by atoms with van der Waals surface area (Å²) in [4.78, 5) is 46.5. The van der Waals surface area contributed by atoms with Gasteiger partial charge in [0.05, 0.1) is 18.8 Å². The normalized spacial score (nSPS) is 14.6. The Bertz CT molecular complexity index is 1710. The molecule has 1 fully saturated rings. The fourth-order valence-electron chi connectivity index (χ4n) is 5.93. The summed E-state index contributed by atoms with van der Waals surface area (Å²) in [6.07, 6.45) is 0.818. The van der Waals surface area contributed by atoms with E-state index in [2.05, 4.69) is 46.4 Å². The Balaban J connectivity index is 1.23. The SMILES string of the molecule is CCc1cccc(CC)c1NC(=O)N1Cc2c(NC(=O)c3ccc(N4CCN(C)CC4)cc3)nn(C(=O)Oc3ccccc3)c2C1. The van der Waals surface area contributed by atoms with Crippen LogP contribution in [0.25, 0.3) is 0 Å². The van der Waals surface area contributed by atoms with Crippen LogP contribution in [-0.4, -0.2) is 70.8 Å². The highest BCUT2D eigenvalue weighted by molar-refractivity contribution is 6.04. The van der Waals surface area contributed by atoms with E-state index in [0.29, 0.717) is 22.6 Å². The van der Waals surface area contributed by atoms with Crippen molar-refractivity contribution in [2.24, 2.45) is 0 Å². The Labute approximate surface area is 268 Å². The summed E-state index contributed by atoms with van der Waals surface area (Å²) < 4.78 is 6.72. The predicted molar refractivity (Wildman–Crippen MR) is 178 cm³/mol. The molecular weight excluding hydrogens is 582 g/mol. The van der Waals surface area contributed by atoms with Gasteiger partial charge >= 0.3 is 12.1 Å². The highest BCUT2D eigenvalue weighted by Gasteiger charge is 2.34. The first-order chi connectivity index (χ1) is 22.3. The van der Waals surface area contributed by atoms with Crippen LogP contribution in [0.2, 0.25) is 0 Å². The zero-order valence-electron chi connectivity index (χ0n) is 26.5. The first-order valence-corrected chi connectivity index (χ1v) is 15.7. The molecule has 6 rings (SSSR count). The number of piperazine rings is 1. The molecule has 3 amide bonds. The van der Waals surface area contributed by atoms with Crippen molar-refractivity contribution in [2.45, 2.75) is 39.8 Å². The summed E-state index contributed by atoms with van der Waals surface area (Å²) in [5.41, 5.74) is 5.51. The third-order valence-corrected chi connectivity index (χ3v) is 8.65. The van der Waals surface area contributed by atoms with Crippen LogP contribution in [0.1, 0.15) is 46.6 Å². The van der Waals surface area contributed by atoms with E-state index in [9.17, 15) is 14.4 Å². The molecule has 1 saturated heterocycles. The minimum Gasteiger partial charge on any atom is -0.409 e. The molecule has 46 heavy (non-hydrogen) atoms. The first kappa shape index (κ1) is 30.8. The number of fused-ring (bicyclic) bond motifs is 1. The molecule has 2 N–H and O–H groups in total. The van der Waals surface area contributed by atoms with Gasteiger partial charge in [0.25, 0.3) is 5.91 Å². The number of hydrogen-bond donors (Lipinski definition) is 2. The minimum atomic E-state index is -0.730. The second-order valence-corrected chi connectivity index (χ2v) is 11.6. The molecule has 0 saturated carbocycles. The van der Waals surface area contributed by atoms with Gasteiger partial charge < -0.3 is 30.1 Å². The topological polar surface area (TPSA) is 112 Å². The lowest BCUT2D eigenvalue weighted by atomic mass is 10.0. The molecular formula is C35H39N7O4. The smallest absolute Gasteiger partial charge is 0.409 e. The van der Waals surface area contributed by atoms with Crippen molar-refractivity contribution in [3.63, 3.8) is 0 Å².